The van der Waals surface area contributed by atoms with Crippen molar-refractivity contribution in [2.75, 3.05) is 7.11 Å². The molecule has 0 heterocycles. The third-order valence-corrected chi connectivity index (χ3v) is 2.13. The van der Waals surface area contributed by atoms with E-state index < -0.39 is 0 Å². The van der Waals surface area contributed by atoms with Gasteiger partial charge in [0.05, 0.1) is 7.11 Å². The summed E-state index contributed by atoms with van der Waals surface area (Å²) in [5.41, 5.74) is 1.17. The Morgan fingerprint density at radius 2 is 2.00 bits per heavy atom. The van der Waals surface area contributed by atoms with Crippen LogP contribution < -0.4 is 4.74 Å². The monoisotopic (exact) mass is 178 g/mol. The third kappa shape index (κ3) is 2.58. The molecule has 0 saturated carbocycles. The molecule has 1 atom stereocenters. The standard InChI is InChI=1S/C11H14O2/c1-9(7-8-12)10-3-5-11(13-2)6-4-10/h3-6,8-9H,7H2,1-2H3. The summed E-state index contributed by atoms with van der Waals surface area (Å²) in [4.78, 5) is 10.3. The number of ether oxygens (including phenoxy) is 1. The first-order valence-corrected chi connectivity index (χ1v) is 4.35. The van der Waals surface area contributed by atoms with E-state index >= 15 is 0 Å². The summed E-state index contributed by atoms with van der Waals surface area (Å²) in [6.45, 7) is 2.04. The highest BCUT2D eigenvalue weighted by Crippen LogP contribution is 2.20. The van der Waals surface area contributed by atoms with Gasteiger partial charge in [-0.05, 0) is 23.6 Å². The molecule has 0 N–H and O–H groups in total. The van der Waals surface area contributed by atoms with E-state index in [2.05, 4.69) is 0 Å². The van der Waals surface area contributed by atoms with Crippen LogP contribution in [0, 0.1) is 0 Å². The van der Waals surface area contributed by atoms with Gasteiger partial charge < -0.3 is 9.53 Å². The number of carbonyl (C=O) groups excluding carboxylic acids is 1. The zero-order chi connectivity index (χ0) is 9.68. The van der Waals surface area contributed by atoms with Crippen LogP contribution in [0.4, 0.5) is 0 Å². The molecule has 0 amide bonds. The van der Waals surface area contributed by atoms with Crippen LogP contribution in [0.5, 0.6) is 5.75 Å². The predicted octanol–water partition coefficient (Wildman–Crippen LogP) is 2.39. The van der Waals surface area contributed by atoms with Crippen LogP contribution in [0.15, 0.2) is 24.3 Å². The lowest BCUT2D eigenvalue weighted by Gasteiger charge is -2.08. The Kier molecular flexibility index (Phi) is 3.50. The molecule has 1 rings (SSSR count). The second kappa shape index (κ2) is 4.65. The summed E-state index contributed by atoms with van der Waals surface area (Å²) < 4.78 is 5.04. The minimum atomic E-state index is 0.295. The van der Waals surface area contributed by atoms with Gasteiger partial charge in [0.2, 0.25) is 0 Å². The van der Waals surface area contributed by atoms with Crippen LogP contribution in [0.25, 0.3) is 0 Å². The van der Waals surface area contributed by atoms with Gasteiger partial charge in [0.25, 0.3) is 0 Å². The molecule has 1 unspecified atom stereocenters. The molecular weight excluding hydrogens is 164 g/mol. The second-order valence-corrected chi connectivity index (χ2v) is 3.08. The van der Waals surface area contributed by atoms with Crippen LogP contribution in [-0.2, 0) is 4.79 Å². The van der Waals surface area contributed by atoms with E-state index in [9.17, 15) is 4.79 Å². The summed E-state index contributed by atoms with van der Waals surface area (Å²) in [7, 11) is 1.64. The number of hydrogen-bond acceptors (Lipinski definition) is 2. The van der Waals surface area contributed by atoms with Crippen molar-refractivity contribution in [1.82, 2.24) is 0 Å². The number of rotatable bonds is 4. The quantitative estimate of drug-likeness (QED) is 0.662. The van der Waals surface area contributed by atoms with Gasteiger partial charge in [0.1, 0.15) is 12.0 Å². The number of aldehydes is 1. The summed E-state index contributed by atoms with van der Waals surface area (Å²) in [5.74, 6) is 1.14. The van der Waals surface area contributed by atoms with Gasteiger partial charge in [-0.15, -0.1) is 0 Å². The zero-order valence-corrected chi connectivity index (χ0v) is 7.99. The van der Waals surface area contributed by atoms with Gasteiger partial charge in [-0.25, -0.2) is 0 Å². The molecule has 0 radical (unpaired) electrons. The number of benzene rings is 1. The first-order chi connectivity index (χ1) is 6.27. The molecule has 0 fully saturated rings. The lowest BCUT2D eigenvalue weighted by molar-refractivity contribution is -0.108. The van der Waals surface area contributed by atoms with Crippen LogP contribution >= 0.6 is 0 Å². The lowest BCUT2D eigenvalue weighted by Crippen LogP contribution is -1.94. The van der Waals surface area contributed by atoms with Crippen molar-refractivity contribution in [3.63, 3.8) is 0 Å². The Hall–Kier alpha value is -1.31. The van der Waals surface area contributed by atoms with E-state index in [1.165, 1.54) is 5.56 Å². The molecule has 0 aliphatic carbocycles. The maximum absolute atomic E-state index is 10.3. The summed E-state index contributed by atoms with van der Waals surface area (Å²) >= 11 is 0. The van der Waals surface area contributed by atoms with Crippen LogP contribution in [-0.4, -0.2) is 13.4 Å². The van der Waals surface area contributed by atoms with Gasteiger partial charge in [-0.1, -0.05) is 19.1 Å². The largest absolute Gasteiger partial charge is 0.497 e. The minimum Gasteiger partial charge on any atom is -0.497 e. The van der Waals surface area contributed by atoms with E-state index in [1.807, 2.05) is 31.2 Å². The molecule has 13 heavy (non-hydrogen) atoms. The fourth-order valence-corrected chi connectivity index (χ4v) is 1.21. The average molecular weight is 178 g/mol. The van der Waals surface area contributed by atoms with Crippen molar-refractivity contribution in [3.05, 3.63) is 29.8 Å². The summed E-state index contributed by atoms with van der Waals surface area (Å²) in [5, 5.41) is 0. The molecule has 0 spiro atoms. The lowest BCUT2D eigenvalue weighted by atomic mass is 9.99. The van der Waals surface area contributed by atoms with Crippen molar-refractivity contribution in [2.24, 2.45) is 0 Å². The van der Waals surface area contributed by atoms with Crippen LogP contribution in [0.2, 0.25) is 0 Å². The highest BCUT2D eigenvalue weighted by atomic mass is 16.5. The van der Waals surface area contributed by atoms with Crippen molar-refractivity contribution in [1.29, 1.82) is 0 Å². The van der Waals surface area contributed by atoms with Crippen LogP contribution in [0.1, 0.15) is 24.8 Å². The Labute approximate surface area is 78.5 Å². The smallest absolute Gasteiger partial charge is 0.120 e. The number of methoxy groups -OCH3 is 1. The highest BCUT2D eigenvalue weighted by Gasteiger charge is 2.03. The molecule has 0 saturated heterocycles. The Morgan fingerprint density at radius 1 is 1.38 bits per heavy atom. The SMILES string of the molecule is COc1ccc(C(C)CC=O)cc1. The van der Waals surface area contributed by atoms with Crippen molar-refractivity contribution < 1.29 is 9.53 Å². The molecule has 0 aromatic heterocycles. The first-order valence-electron chi connectivity index (χ1n) is 4.35. The predicted molar refractivity (Wildman–Crippen MR) is 52.1 cm³/mol. The maximum atomic E-state index is 10.3. The molecule has 70 valence electrons. The van der Waals surface area contributed by atoms with Gasteiger partial charge in [-0.3, -0.25) is 0 Å². The number of carbonyl (C=O) groups is 1. The van der Waals surface area contributed by atoms with E-state index in [4.69, 9.17) is 4.74 Å². The molecule has 1 aromatic rings. The summed E-state index contributed by atoms with van der Waals surface area (Å²) in [6, 6.07) is 7.81. The number of hydrogen-bond donors (Lipinski definition) is 0. The van der Waals surface area contributed by atoms with E-state index in [0.717, 1.165) is 12.0 Å². The van der Waals surface area contributed by atoms with Crippen molar-refractivity contribution in [2.45, 2.75) is 19.3 Å². The molecule has 0 bridgehead atoms. The molecule has 0 aliphatic heterocycles. The molecule has 0 aliphatic rings. The first kappa shape index (κ1) is 9.78. The average Bonchev–Trinajstić information content (AvgIpc) is 2.18. The van der Waals surface area contributed by atoms with Crippen molar-refractivity contribution >= 4 is 6.29 Å². The fourth-order valence-electron chi connectivity index (χ4n) is 1.21. The topological polar surface area (TPSA) is 26.3 Å². The van der Waals surface area contributed by atoms with Gasteiger partial charge >= 0.3 is 0 Å². The van der Waals surface area contributed by atoms with E-state index in [-0.39, 0.29) is 0 Å². The Bertz CT molecular complexity index is 264. The molecule has 2 heteroatoms. The Balaban J connectivity index is 2.73. The second-order valence-electron chi connectivity index (χ2n) is 3.08. The fraction of sp³-hybridized carbons (Fsp3) is 0.364. The molecule has 2 nitrogen and oxygen atoms in total. The van der Waals surface area contributed by atoms with Gasteiger partial charge in [0.15, 0.2) is 0 Å². The van der Waals surface area contributed by atoms with Crippen LogP contribution in [0.3, 0.4) is 0 Å². The van der Waals surface area contributed by atoms with Gasteiger partial charge in [-0.2, -0.15) is 0 Å². The zero-order valence-electron chi connectivity index (χ0n) is 7.99. The van der Waals surface area contributed by atoms with Gasteiger partial charge in [0, 0.05) is 6.42 Å². The van der Waals surface area contributed by atoms with E-state index in [1.54, 1.807) is 7.11 Å². The molecular formula is C11H14O2. The maximum Gasteiger partial charge on any atom is 0.120 e. The third-order valence-electron chi connectivity index (χ3n) is 2.13. The minimum absolute atomic E-state index is 0.295. The highest BCUT2D eigenvalue weighted by molar-refractivity contribution is 5.51. The van der Waals surface area contributed by atoms with E-state index in [0.29, 0.717) is 12.3 Å². The summed E-state index contributed by atoms with van der Waals surface area (Å²) in [6.07, 6.45) is 1.53. The Morgan fingerprint density at radius 3 is 2.46 bits per heavy atom. The normalized spacial score (nSPS) is 12.2. The molecule has 1 aromatic carbocycles. The van der Waals surface area contributed by atoms with Crippen molar-refractivity contribution in [3.8, 4) is 5.75 Å².